The van der Waals surface area contributed by atoms with Gasteiger partial charge in [0.15, 0.2) is 6.61 Å². The smallest absolute Gasteiger partial charge is 0.308 e. The highest BCUT2D eigenvalue weighted by atomic mass is 16.6. The summed E-state index contributed by atoms with van der Waals surface area (Å²) in [7, 11) is 0. The molecule has 0 bridgehead atoms. The van der Waals surface area contributed by atoms with Crippen LogP contribution in [0.15, 0.2) is 0 Å². The molecule has 0 unspecified atom stereocenters. The van der Waals surface area contributed by atoms with Crippen molar-refractivity contribution in [3.63, 3.8) is 0 Å². The molecule has 1 radical (unpaired) electrons. The number of ether oxygens (including phenoxy) is 1. The second-order valence-corrected chi connectivity index (χ2v) is 4.93. The minimum absolute atomic E-state index is 0.0695. The van der Waals surface area contributed by atoms with E-state index < -0.39 is 18.1 Å². The van der Waals surface area contributed by atoms with Crippen molar-refractivity contribution < 1.29 is 24.2 Å². The van der Waals surface area contributed by atoms with E-state index in [0.29, 0.717) is 0 Å². The van der Waals surface area contributed by atoms with Crippen LogP contribution in [0.2, 0.25) is 0 Å². The molecule has 0 atom stereocenters. The molecular weight excluding hydrogens is 252 g/mol. The second kappa shape index (κ2) is 8.47. The zero-order valence-corrected chi connectivity index (χ0v) is 11.6. The normalized spacial score (nSPS) is 10.7. The van der Waals surface area contributed by atoms with Crippen LogP contribution in [-0.4, -0.2) is 43.1 Å². The van der Waals surface area contributed by atoms with E-state index in [9.17, 15) is 19.5 Å². The van der Waals surface area contributed by atoms with Crippen molar-refractivity contribution in [3.05, 3.63) is 0 Å². The van der Waals surface area contributed by atoms with Gasteiger partial charge in [0.25, 0.3) is 0 Å². The fourth-order valence-corrected chi connectivity index (χ4v) is 1.15. The molecule has 0 aliphatic heterocycles. The van der Waals surface area contributed by atoms with Gasteiger partial charge in [-0.25, -0.2) is 5.11 Å². The molecule has 109 valence electrons. The van der Waals surface area contributed by atoms with Crippen LogP contribution in [0.1, 0.15) is 33.6 Å². The maximum Gasteiger partial charge on any atom is 0.308 e. The Balaban J connectivity index is 3.64. The Morgan fingerprint density at radius 2 is 1.47 bits per heavy atom. The molecule has 0 fully saturated rings. The highest BCUT2D eigenvalue weighted by molar-refractivity contribution is 5.79. The summed E-state index contributed by atoms with van der Waals surface area (Å²) >= 11 is 0. The third-order valence-electron chi connectivity index (χ3n) is 1.88. The SMILES string of the molecule is CC(C)(C)OC(=O)CCNC(=O)CCNC(=O)C[O]. The van der Waals surface area contributed by atoms with Gasteiger partial charge in [-0.15, -0.1) is 0 Å². The first kappa shape index (κ1) is 17.4. The van der Waals surface area contributed by atoms with Crippen molar-refractivity contribution in [2.75, 3.05) is 19.7 Å². The monoisotopic (exact) mass is 273 g/mol. The minimum atomic E-state index is -0.847. The van der Waals surface area contributed by atoms with E-state index in [2.05, 4.69) is 10.6 Å². The van der Waals surface area contributed by atoms with E-state index in [0.717, 1.165) is 0 Å². The maximum absolute atomic E-state index is 11.3. The predicted molar refractivity (Wildman–Crippen MR) is 66.7 cm³/mol. The van der Waals surface area contributed by atoms with Crippen molar-refractivity contribution >= 4 is 17.8 Å². The summed E-state index contributed by atoms with van der Waals surface area (Å²) in [4.78, 5) is 33.2. The van der Waals surface area contributed by atoms with Crippen LogP contribution in [0.5, 0.6) is 0 Å². The third-order valence-corrected chi connectivity index (χ3v) is 1.88. The predicted octanol–water partition coefficient (Wildman–Crippen LogP) is -0.229. The molecular formula is C12H21N2O5. The van der Waals surface area contributed by atoms with Crippen molar-refractivity contribution in [2.24, 2.45) is 0 Å². The lowest BCUT2D eigenvalue weighted by atomic mass is 10.2. The van der Waals surface area contributed by atoms with E-state index in [-0.39, 0.29) is 37.8 Å². The van der Waals surface area contributed by atoms with Crippen molar-refractivity contribution in [1.82, 2.24) is 10.6 Å². The van der Waals surface area contributed by atoms with Crippen molar-refractivity contribution in [1.29, 1.82) is 0 Å². The van der Waals surface area contributed by atoms with Gasteiger partial charge in [-0.3, -0.25) is 14.4 Å². The summed E-state index contributed by atoms with van der Waals surface area (Å²) < 4.78 is 5.06. The average Bonchev–Trinajstić information content (AvgIpc) is 2.26. The Morgan fingerprint density at radius 3 is 2.00 bits per heavy atom. The first-order valence-electron chi connectivity index (χ1n) is 6.08. The summed E-state index contributed by atoms with van der Waals surface area (Å²) in [5.41, 5.74) is -0.538. The quantitative estimate of drug-likeness (QED) is 0.625. The first-order chi connectivity index (χ1) is 8.74. The number of carbonyl (C=O) groups is 3. The molecule has 2 N–H and O–H groups in total. The maximum atomic E-state index is 11.3. The Bertz CT molecular complexity index is 323. The molecule has 19 heavy (non-hydrogen) atoms. The highest BCUT2D eigenvalue weighted by Crippen LogP contribution is 2.07. The number of hydrogen-bond acceptors (Lipinski definition) is 4. The van der Waals surface area contributed by atoms with E-state index in [1.807, 2.05) is 0 Å². The molecule has 7 nitrogen and oxygen atoms in total. The number of esters is 1. The second-order valence-electron chi connectivity index (χ2n) is 4.93. The molecule has 0 saturated carbocycles. The Labute approximate surface area is 112 Å². The first-order valence-corrected chi connectivity index (χ1v) is 6.08. The average molecular weight is 273 g/mol. The van der Waals surface area contributed by atoms with Crippen LogP contribution in [0.25, 0.3) is 0 Å². The molecule has 0 aromatic heterocycles. The lowest BCUT2D eigenvalue weighted by Crippen LogP contribution is -2.33. The van der Waals surface area contributed by atoms with Crippen LogP contribution in [0.3, 0.4) is 0 Å². The van der Waals surface area contributed by atoms with E-state index in [1.54, 1.807) is 20.8 Å². The number of nitrogens with one attached hydrogen (secondary N) is 2. The molecule has 0 rings (SSSR count). The topological polar surface area (TPSA) is 104 Å². The zero-order valence-electron chi connectivity index (χ0n) is 11.6. The van der Waals surface area contributed by atoms with Gasteiger partial charge in [-0.05, 0) is 20.8 Å². The fraction of sp³-hybridized carbons (Fsp3) is 0.750. The Hall–Kier alpha value is -1.63. The summed E-state index contributed by atoms with van der Waals surface area (Å²) in [6.45, 7) is 4.75. The Kier molecular flexibility index (Phi) is 7.74. The lowest BCUT2D eigenvalue weighted by Gasteiger charge is -2.19. The zero-order chi connectivity index (χ0) is 14.9. The summed E-state index contributed by atoms with van der Waals surface area (Å²) in [5.74, 6) is -1.32. The van der Waals surface area contributed by atoms with Gasteiger partial charge in [-0.1, -0.05) is 0 Å². The fourth-order valence-electron chi connectivity index (χ4n) is 1.15. The van der Waals surface area contributed by atoms with Gasteiger partial charge in [-0.2, -0.15) is 0 Å². The Morgan fingerprint density at radius 1 is 0.947 bits per heavy atom. The minimum Gasteiger partial charge on any atom is -0.460 e. The van der Waals surface area contributed by atoms with Crippen LogP contribution in [0.4, 0.5) is 0 Å². The number of carbonyl (C=O) groups excluding carboxylic acids is 3. The molecule has 0 heterocycles. The highest BCUT2D eigenvalue weighted by Gasteiger charge is 2.15. The van der Waals surface area contributed by atoms with E-state index >= 15 is 0 Å². The van der Waals surface area contributed by atoms with Gasteiger partial charge in [0.2, 0.25) is 11.8 Å². The van der Waals surface area contributed by atoms with Crippen LogP contribution in [-0.2, 0) is 24.2 Å². The lowest BCUT2D eigenvalue weighted by molar-refractivity contribution is -0.154. The molecule has 0 saturated heterocycles. The van der Waals surface area contributed by atoms with E-state index in [1.165, 1.54) is 0 Å². The van der Waals surface area contributed by atoms with Gasteiger partial charge >= 0.3 is 5.97 Å². The van der Waals surface area contributed by atoms with Gasteiger partial charge < -0.3 is 15.4 Å². The van der Waals surface area contributed by atoms with E-state index in [4.69, 9.17) is 4.74 Å². The number of rotatable bonds is 7. The van der Waals surface area contributed by atoms with Gasteiger partial charge in [0.05, 0.1) is 6.42 Å². The molecule has 0 aromatic carbocycles. The summed E-state index contributed by atoms with van der Waals surface area (Å²) in [6, 6.07) is 0. The van der Waals surface area contributed by atoms with Crippen molar-refractivity contribution in [2.45, 2.75) is 39.2 Å². The summed E-state index contributed by atoms with van der Waals surface area (Å²) in [6.07, 6.45) is 0.163. The molecule has 0 aromatic rings. The molecule has 0 spiro atoms. The number of hydrogen-bond donors (Lipinski definition) is 2. The van der Waals surface area contributed by atoms with Gasteiger partial charge in [0, 0.05) is 19.5 Å². The van der Waals surface area contributed by atoms with Crippen molar-refractivity contribution in [3.8, 4) is 0 Å². The van der Waals surface area contributed by atoms with Crippen LogP contribution < -0.4 is 10.6 Å². The van der Waals surface area contributed by atoms with Crippen LogP contribution >= 0.6 is 0 Å². The standard InChI is InChI=1S/C12H21N2O5/c1-12(2,3)19-11(18)5-7-13-9(16)4-6-14-10(17)8-15/h4-8H2,1-3H3,(H,13,16)(H,14,17). The number of amides is 2. The molecule has 0 aliphatic rings. The third kappa shape index (κ3) is 11.2. The summed E-state index contributed by atoms with van der Waals surface area (Å²) in [5, 5.41) is 14.9. The van der Waals surface area contributed by atoms with Crippen LogP contribution in [0, 0.1) is 0 Å². The molecule has 0 aliphatic carbocycles. The molecule has 7 heteroatoms. The largest absolute Gasteiger partial charge is 0.460 e. The molecule has 2 amide bonds. The van der Waals surface area contributed by atoms with Gasteiger partial charge in [0.1, 0.15) is 5.60 Å².